The van der Waals surface area contributed by atoms with Gasteiger partial charge in [0.15, 0.2) is 0 Å². The smallest absolute Gasteiger partial charge is 0.323 e. The minimum absolute atomic E-state index is 0.238. The number of carbonyl (C=O) groups is 1. The maximum Gasteiger partial charge on any atom is 0.323 e. The summed E-state index contributed by atoms with van der Waals surface area (Å²) in [5.74, 6) is -0.159. The van der Waals surface area contributed by atoms with Gasteiger partial charge in [-0.3, -0.25) is 14.3 Å². The number of hydrogen-bond acceptors (Lipinski definition) is 4. The SMILES string of the molecule is COC(=O)C1CS(=O)CC(c2ccc(F)cc2Br)N1. The second kappa shape index (κ2) is 6.11. The number of benzene rings is 1. The largest absolute Gasteiger partial charge is 0.468 e. The molecular weight excluding hydrogens is 337 g/mol. The molecular formula is C12H13BrFNO3S. The molecule has 0 radical (unpaired) electrons. The summed E-state index contributed by atoms with van der Waals surface area (Å²) >= 11 is 3.28. The van der Waals surface area contributed by atoms with Gasteiger partial charge in [-0.1, -0.05) is 22.0 Å². The average molecular weight is 350 g/mol. The quantitative estimate of drug-likeness (QED) is 0.822. The Bertz CT molecular complexity index is 526. The van der Waals surface area contributed by atoms with Crippen LogP contribution in [0.5, 0.6) is 0 Å². The van der Waals surface area contributed by atoms with E-state index in [0.29, 0.717) is 10.2 Å². The molecule has 0 saturated carbocycles. The van der Waals surface area contributed by atoms with Gasteiger partial charge in [-0.05, 0) is 17.7 Å². The predicted molar refractivity (Wildman–Crippen MR) is 73.7 cm³/mol. The van der Waals surface area contributed by atoms with Crippen molar-refractivity contribution in [2.24, 2.45) is 0 Å². The Morgan fingerprint density at radius 3 is 2.89 bits per heavy atom. The van der Waals surface area contributed by atoms with E-state index in [9.17, 15) is 13.4 Å². The molecule has 0 spiro atoms. The van der Waals surface area contributed by atoms with E-state index in [0.717, 1.165) is 5.56 Å². The van der Waals surface area contributed by atoms with Crippen LogP contribution in [0.2, 0.25) is 0 Å². The summed E-state index contributed by atoms with van der Waals surface area (Å²) in [6, 6.07) is 3.44. The third kappa shape index (κ3) is 3.40. The summed E-state index contributed by atoms with van der Waals surface area (Å²) in [5, 5.41) is 3.09. The number of carbonyl (C=O) groups excluding carboxylic acids is 1. The first-order chi connectivity index (χ1) is 9.01. The van der Waals surface area contributed by atoms with Gasteiger partial charge in [0, 0.05) is 32.8 Å². The van der Waals surface area contributed by atoms with Crippen molar-refractivity contribution < 1.29 is 18.1 Å². The molecule has 0 aliphatic carbocycles. The molecule has 4 nitrogen and oxygen atoms in total. The lowest BCUT2D eigenvalue weighted by molar-refractivity contribution is -0.142. The molecule has 1 aromatic rings. The van der Waals surface area contributed by atoms with Crippen molar-refractivity contribution >= 4 is 32.7 Å². The van der Waals surface area contributed by atoms with Gasteiger partial charge in [0.2, 0.25) is 0 Å². The van der Waals surface area contributed by atoms with Crippen LogP contribution in [0.4, 0.5) is 4.39 Å². The molecule has 1 saturated heterocycles. The van der Waals surface area contributed by atoms with Gasteiger partial charge < -0.3 is 4.74 Å². The lowest BCUT2D eigenvalue weighted by Gasteiger charge is -2.29. The zero-order valence-electron chi connectivity index (χ0n) is 10.2. The molecule has 1 aromatic carbocycles. The molecule has 1 aliphatic heterocycles. The van der Waals surface area contributed by atoms with Crippen molar-refractivity contribution in [1.29, 1.82) is 0 Å². The molecule has 2 rings (SSSR count). The fraction of sp³-hybridized carbons (Fsp3) is 0.417. The maximum absolute atomic E-state index is 13.1. The number of ether oxygens (including phenoxy) is 1. The van der Waals surface area contributed by atoms with Crippen LogP contribution in [0.15, 0.2) is 22.7 Å². The van der Waals surface area contributed by atoms with Gasteiger partial charge >= 0.3 is 5.97 Å². The van der Waals surface area contributed by atoms with Crippen molar-refractivity contribution in [3.05, 3.63) is 34.1 Å². The molecule has 104 valence electrons. The molecule has 3 unspecified atom stereocenters. The summed E-state index contributed by atoms with van der Waals surface area (Å²) in [5.41, 5.74) is 0.781. The fourth-order valence-corrected chi connectivity index (χ4v) is 4.04. The fourth-order valence-electron chi connectivity index (χ4n) is 2.02. The highest BCUT2D eigenvalue weighted by atomic mass is 79.9. The van der Waals surface area contributed by atoms with Crippen molar-refractivity contribution in [2.45, 2.75) is 12.1 Å². The van der Waals surface area contributed by atoms with E-state index in [4.69, 9.17) is 0 Å². The van der Waals surface area contributed by atoms with Crippen molar-refractivity contribution in [3.8, 4) is 0 Å². The highest BCUT2D eigenvalue weighted by Gasteiger charge is 2.32. The summed E-state index contributed by atoms with van der Waals surface area (Å²) in [6.07, 6.45) is 0. The van der Waals surface area contributed by atoms with E-state index in [2.05, 4.69) is 26.0 Å². The summed E-state index contributed by atoms with van der Waals surface area (Å²) in [7, 11) is 0.181. The standard InChI is InChI=1S/C12H13BrFNO3S/c1-18-12(16)11-6-19(17)5-10(15-11)8-3-2-7(14)4-9(8)13/h2-4,10-11,15H,5-6H2,1H3. The highest BCUT2D eigenvalue weighted by Crippen LogP contribution is 2.27. The normalized spacial score (nSPS) is 27.0. The second-order valence-corrected chi connectivity index (χ2v) is 6.63. The molecule has 3 atom stereocenters. The van der Waals surface area contributed by atoms with E-state index in [1.54, 1.807) is 6.07 Å². The Kier molecular flexibility index (Phi) is 4.70. The number of hydrogen-bond donors (Lipinski definition) is 1. The third-order valence-corrected chi connectivity index (χ3v) is 5.03. The van der Waals surface area contributed by atoms with E-state index in [-0.39, 0.29) is 17.6 Å². The van der Waals surface area contributed by atoms with Gasteiger partial charge in [-0.2, -0.15) is 0 Å². The zero-order chi connectivity index (χ0) is 14.0. The number of esters is 1. The first kappa shape index (κ1) is 14.6. The second-order valence-electron chi connectivity index (χ2n) is 4.23. The molecule has 0 aromatic heterocycles. The van der Waals surface area contributed by atoms with Crippen LogP contribution < -0.4 is 5.32 Å². The van der Waals surface area contributed by atoms with Crippen LogP contribution >= 0.6 is 15.9 Å². The van der Waals surface area contributed by atoms with E-state index < -0.39 is 22.8 Å². The molecule has 0 amide bonds. The first-order valence-electron chi connectivity index (χ1n) is 5.65. The lowest BCUT2D eigenvalue weighted by Crippen LogP contribution is -2.49. The highest BCUT2D eigenvalue weighted by molar-refractivity contribution is 9.10. The van der Waals surface area contributed by atoms with Gasteiger partial charge in [0.1, 0.15) is 11.9 Å². The van der Waals surface area contributed by atoms with Crippen LogP contribution in [0.3, 0.4) is 0 Å². The van der Waals surface area contributed by atoms with Gasteiger partial charge in [0.25, 0.3) is 0 Å². The van der Waals surface area contributed by atoms with Gasteiger partial charge in [-0.15, -0.1) is 0 Å². The van der Waals surface area contributed by atoms with Crippen LogP contribution in [0.1, 0.15) is 11.6 Å². The number of methoxy groups -OCH3 is 1. The van der Waals surface area contributed by atoms with Gasteiger partial charge in [0.05, 0.1) is 7.11 Å². The summed E-state index contributed by atoms with van der Waals surface area (Å²) in [6.45, 7) is 0. The molecule has 1 fully saturated rings. The number of nitrogens with one attached hydrogen (secondary N) is 1. The third-order valence-electron chi connectivity index (χ3n) is 2.93. The summed E-state index contributed by atoms with van der Waals surface area (Å²) < 4.78 is 30.2. The minimum Gasteiger partial charge on any atom is -0.468 e. The Hall–Kier alpha value is -0.790. The lowest BCUT2D eigenvalue weighted by atomic mass is 10.1. The Morgan fingerprint density at radius 1 is 1.53 bits per heavy atom. The van der Waals surface area contributed by atoms with Crippen molar-refractivity contribution in [1.82, 2.24) is 5.32 Å². The van der Waals surface area contributed by atoms with Crippen LogP contribution in [-0.4, -0.2) is 34.8 Å². The molecule has 19 heavy (non-hydrogen) atoms. The van der Waals surface area contributed by atoms with Crippen molar-refractivity contribution in [2.75, 3.05) is 18.6 Å². The molecule has 0 bridgehead atoms. The van der Waals surface area contributed by atoms with Crippen LogP contribution in [0.25, 0.3) is 0 Å². The number of rotatable bonds is 2. The minimum atomic E-state index is -1.11. The monoisotopic (exact) mass is 349 g/mol. The zero-order valence-corrected chi connectivity index (χ0v) is 12.6. The van der Waals surface area contributed by atoms with E-state index >= 15 is 0 Å². The van der Waals surface area contributed by atoms with Gasteiger partial charge in [-0.25, -0.2) is 4.39 Å². The topological polar surface area (TPSA) is 55.4 Å². The Morgan fingerprint density at radius 2 is 2.26 bits per heavy atom. The van der Waals surface area contributed by atoms with E-state index in [1.165, 1.54) is 19.2 Å². The maximum atomic E-state index is 13.1. The Balaban J connectivity index is 2.24. The molecule has 1 N–H and O–H groups in total. The first-order valence-corrected chi connectivity index (χ1v) is 7.93. The molecule has 7 heteroatoms. The van der Waals surface area contributed by atoms with Crippen LogP contribution in [-0.2, 0) is 20.3 Å². The van der Waals surface area contributed by atoms with Crippen molar-refractivity contribution in [3.63, 3.8) is 0 Å². The summed E-state index contributed by atoms with van der Waals surface area (Å²) in [4.78, 5) is 11.5. The van der Waals surface area contributed by atoms with E-state index in [1.807, 2.05) is 0 Å². The average Bonchev–Trinajstić information content (AvgIpc) is 2.37. The predicted octanol–water partition coefficient (Wildman–Crippen LogP) is 1.52. The number of halogens is 2. The Labute approximate surface area is 121 Å². The molecule has 1 aliphatic rings. The molecule has 1 heterocycles. The van der Waals surface area contributed by atoms with Crippen LogP contribution in [0, 0.1) is 5.82 Å².